The second-order valence-corrected chi connectivity index (χ2v) is 9.63. The summed E-state index contributed by atoms with van der Waals surface area (Å²) in [5.74, 6) is 0.909. The van der Waals surface area contributed by atoms with Crippen LogP contribution in [-0.2, 0) is 6.61 Å². The molecule has 4 rings (SSSR count). The quantitative estimate of drug-likeness (QED) is 0.237. The van der Waals surface area contributed by atoms with Crippen molar-refractivity contribution in [3.05, 3.63) is 99.5 Å². The standard InChI is InChI=1S/C24H17Br2Cl2N3O4/c1-2-34-19-10-14(11-29-31-23(32)15-5-3-4-6-18(15)30-24(31)33)20(25)21(26)22(19)35-12-13-7-8-16(27)17(28)9-13/h3-11H,2,12H2,1H3,(H,30,33). The number of hydrogen-bond donors (Lipinski definition) is 1. The summed E-state index contributed by atoms with van der Waals surface area (Å²) >= 11 is 19.2. The van der Waals surface area contributed by atoms with Crippen molar-refractivity contribution in [2.45, 2.75) is 13.5 Å². The molecule has 1 N–H and O–H groups in total. The number of benzene rings is 3. The molecule has 1 aromatic heterocycles. The molecule has 11 heteroatoms. The largest absolute Gasteiger partial charge is 0.490 e. The van der Waals surface area contributed by atoms with Crippen molar-refractivity contribution in [2.24, 2.45) is 5.10 Å². The van der Waals surface area contributed by atoms with Crippen molar-refractivity contribution in [1.82, 2.24) is 9.66 Å². The van der Waals surface area contributed by atoms with Crippen LogP contribution < -0.4 is 20.7 Å². The number of rotatable bonds is 7. The Bertz CT molecular complexity index is 1570. The Hall–Kier alpha value is -2.59. The molecular formula is C24H17Br2Cl2N3O4. The zero-order valence-electron chi connectivity index (χ0n) is 18.1. The zero-order valence-corrected chi connectivity index (χ0v) is 22.8. The Morgan fingerprint density at radius 3 is 2.54 bits per heavy atom. The summed E-state index contributed by atoms with van der Waals surface area (Å²) in [5.41, 5.74) is 0.654. The first-order valence-corrected chi connectivity index (χ1v) is 12.6. The van der Waals surface area contributed by atoms with Gasteiger partial charge in [0.2, 0.25) is 0 Å². The predicted octanol–water partition coefficient (Wildman–Crippen LogP) is 6.38. The Kier molecular flexibility index (Phi) is 8.01. The van der Waals surface area contributed by atoms with Crippen molar-refractivity contribution in [3.63, 3.8) is 0 Å². The van der Waals surface area contributed by atoms with Gasteiger partial charge in [-0.1, -0.05) is 41.4 Å². The first kappa shape index (κ1) is 25.5. The number of ether oxygens (including phenoxy) is 2. The van der Waals surface area contributed by atoms with Gasteiger partial charge in [0, 0.05) is 10.0 Å². The predicted molar refractivity (Wildman–Crippen MR) is 146 cm³/mol. The van der Waals surface area contributed by atoms with Gasteiger partial charge in [0.25, 0.3) is 5.56 Å². The van der Waals surface area contributed by atoms with Gasteiger partial charge in [-0.3, -0.25) is 4.79 Å². The Labute approximate surface area is 226 Å². The molecule has 35 heavy (non-hydrogen) atoms. The zero-order chi connectivity index (χ0) is 25.1. The van der Waals surface area contributed by atoms with E-state index >= 15 is 0 Å². The van der Waals surface area contributed by atoms with E-state index in [1.807, 2.05) is 13.0 Å². The van der Waals surface area contributed by atoms with E-state index in [1.54, 1.807) is 42.5 Å². The molecule has 0 atom stereocenters. The van der Waals surface area contributed by atoms with E-state index in [2.05, 4.69) is 41.9 Å². The molecule has 0 bridgehead atoms. The molecule has 0 fully saturated rings. The fourth-order valence-corrected chi connectivity index (χ4v) is 4.52. The van der Waals surface area contributed by atoms with Crippen molar-refractivity contribution in [2.75, 3.05) is 6.61 Å². The fraction of sp³-hybridized carbons (Fsp3) is 0.125. The summed E-state index contributed by atoms with van der Waals surface area (Å²) in [4.78, 5) is 27.8. The topological polar surface area (TPSA) is 85.7 Å². The van der Waals surface area contributed by atoms with Gasteiger partial charge >= 0.3 is 5.69 Å². The number of para-hydroxylation sites is 1. The first-order valence-electron chi connectivity index (χ1n) is 10.3. The van der Waals surface area contributed by atoms with Gasteiger partial charge in [-0.2, -0.15) is 5.10 Å². The maximum absolute atomic E-state index is 12.8. The van der Waals surface area contributed by atoms with Gasteiger partial charge in [0.1, 0.15) is 6.61 Å². The van der Waals surface area contributed by atoms with Gasteiger partial charge in [-0.05, 0) is 74.7 Å². The minimum absolute atomic E-state index is 0.220. The molecule has 3 aromatic carbocycles. The number of halogens is 4. The molecule has 0 radical (unpaired) electrons. The molecule has 180 valence electrons. The average Bonchev–Trinajstić information content (AvgIpc) is 2.84. The van der Waals surface area contributed by atoms with Crippen LogP contribution in [0.4, 0.5) is 0 Å². The molecule has 0 saturated carbocycles. The van der Waals surface area contributed by atoms with E-state index in [0.717, 1.165) is 10.2 Å². The van der Waals surface area contributed by atoms with Crippen LogP contribution in [0, 0.1) is 0 Å². The molecule has 7 nitrogen and oxygen atoms in total. The second kappa shape index (κ2) is 11.0. The SMILES string of the molecule is CCOc1cc(C=Nn2c(=O)[nH]c3ccccc3c2=O)c(Br)c(Br)c1OCc1ccc(Cl)c(Cl)c1. The van der Waals surface area contributed by atoms with Crippen LogP contribution in [0.15, 0.2) is 72.2 Å². The van der Waals surface area contributed by atoms with Crippen LogP contribution in [0.1, 0.15) is 18.1 Å². The van der Waals surface area contributed by atoms with Gasteiger partial charge in [-0.15, -0.1) is 4.68 Å². The molecule has 1 heterocycles. The van der Waals surface area contributed by atoms with Crippen molar-refractivity contribution >= 4 is 72.2 Å². The number of nitrogens with one attached hydrogen (secondary N) is 1. The van der Waals surface area contributed by atoms with E-state index in [1.165, 1.54) is 6.21 Å². The highest BCUT2D eigenvalue weighted by Gasteiger charge is 2.18. The monoisotopic (exact) mass is 639 g/mol. The third-order valence-corrected chi connectivity index (χ3v) is 7.80. The minimum Gasteiger partial charge on any atom is -0.490 e. The summed E-state index contributed by atoms with van der Waals surface area (Å²) in [6.45, 7) is 2.45. The molecule has 4 aromatic rings. The highest BCUT2D eigenvalue weighted by Crippen LogP contribution is 2.43. The van der Waals surface area contributed by atoms with Crippen LogP contribution in [-0.4, -0.2) is 22.5 Å². The van der Waals surface area contributed by atoms with Crippen molar-refractivity contribution < 1.29 is 9.47 Å². The van der Waals surface area contributed by atoms with Gasteiger partial charge in [-0.25, -0.2) is 4.79 Å². The average molecular weight is 642 g/mol. The number of hydrogen-bond acceptors (Lipinski definition) is 5. The highest BCUT2D eigenvalue weighted by atomic mass is 79.9. The third-order valence-electron chi connectivity index (χ3n) is 4.92. The van der Waals surface area contributed by atoms with Crippen LogP contribution in [0.3, 0.4) is 0 Å². The van der Waals surface area contributed by atoms with Gasteiger partial charge in [0.15, 0.2) is 11.5 Å². The highest BCUT2D eigenvalue weighted by molar-refractivity contribution is 9.13. The molecule has 0 aliphatic heterocycles. The lowest BCUT2D eigenvalue weighted by atomic mass is 10.2. The lowest BCUT2D eigenvalue weighted by molar-refractivity contribution is 0.267. The van der Waals surface area contributed by atoms with Crippen molar-refractivity contribution in [3.8, 4) is 11.5 Å². The maximum atomic E-state index is 12.8. The van der Waals surface area contributed by atoms with Gasteiger partial charge in [0.05, 0.1) is 38.2 Å². The molecular weight excluding hydrogens is 625 g/mol. The van der Waals surface area contributed by atoms with E-state index in [4.69, 9.17) is 32.7 Å². The second-order valence-electron chi connectivity index (χ2n) is 7.23. The number of nitrogens with zero attached hydrogens (tertiary/aromatic N) is 2. The molecule has 0 aliphatic rings. The van der Waals surface area contributed by atoms with Crippen LogP contribution in [0.25, 0.3) is 10.9 Å². The summed E-state index contributed by atoms with van der Waals surface area (Å²) in [7, 11) is 0. The Morgan fingerprint density at radius 2 is 1.80 bits per heavy atom. The Balaban J connectivity index is 1.70. The van der Waals surface area contributed by atoms with Crippen LogP contribution >= 0.6 is 55.1 Å². The molecule has 0 aliphatic carbocycles. The molecule has 0 amide bonds. The van der Waals surface area contributed by atoms with E-state index < -0.39 is 11.2 Å². The number of aromatic nitrogens is 2. The third kappa shape index (κ3) is 5.48. The van der Waals surface area contributed by atoms with Crippen molar-refractivity contribution in [1.29, 1.82) is 0 Å². The molecule has 0 spiro atoms. The van der Waals surface area contributed by atoms with Crippen LogP contribution in [0.2, 0.25) is 10.0 Å². The smallest absolute Gasteiger partial charge is 0.349 e. The number of fused-ring (bicyclic) bond motifs is 1. The normalized spacial score (nSPS) is 11.3. The summed E-state index contributed by atoms with van der Waals surface area (Å²) < 4.78 is 13.8. The number of H-pyrrole nitrogens is 1. The lowest BCUT2D eigenvalue weighted by Gasteiger charge is -2.16. The minimum atomic E-state index is -0.647. The van der Waals surface area contributed by atoms with Crippen LogP contribution in [0.5, 0.6) is 11.5 Å². The maximum Gasteiger partial charge on any atom is 0.349 e. The fourth-order valence-electron chi connectivity index (χ4n) is 3.26. The molecule has 0 saturated heterocycles. The first-order chi connectivity index (χ1) is 16.8. The van der Waals surface area contributed by atoms with E-state index in [0.29, 0.717) is 53.6 Å². The molecule has 0 unspecified atom stereocenters. The van der Waals surface area contributed by atoms with E-state index in [-0.39, 0.29) is 6.61 Å². The summed E-state index contributed by atoms with van der Waals surface area (Å²) in [6.07, 6.45) is 1.39. The Morgan fingerprint density at radius 1 is 1.03 bits per heavy atom. The van der Waals surface area contributed by atoms with Gasteiger partial charge < -0.3 is 14.5 Å². The number of aromatic amines is 1. The summed E-state index contributed by atoms with van der Waals surface area (Å²) in [5, 5.41) is 5.38. The lowest BCUT2D eigenvalue weighted by Crippen LogP contribution is -2.32. The summed E-state index contributed by atoms with van der Waals surface area (Å²) in [6, 6.07) is 13.7. The van der Waals surface area contributed by atoms with E-state index in [9.17, 15) is 9.59 Å².